The first-order chi connectivity index (χ1) is 8.27. The fourth-order valence-electron chi connectivity index (χ4n) is 3.03. The number of hydrogen-bond acceptors (Lipinski definition) is 4. The van der Waals surface area contributed by atoms with E-state index in [0.29, 0.717) is 13.0 Å². The Morgan fingerprint density at radius 1 is 1.29 bits per heavy atom. The Labute approximate surface area is 108 Å². The molecule has 4 heteroatoms. The number of esters is 1. The molecule has 0 spiro atoms. The summed E-state index contributed by atoms with van der Waals surface area (Å²) in [7, 11) is 0. The van der Waals surface area contributed by atoms with Crippen LogP contribution in [0.2, 0.25) is 0 Å². The second kappa shape index (κ2) is 6.10. The van der Waals surface area contributed by atoms with E-state index in [4.69, 9.17) is 4.74 Å². The van der Waals surface area contributed by atoms with Gasteiger partial charge in [0.1, 0.15) is 0 Å². The quantitative estimate of drug-likeness (QED) is 0.723. The highest BCUT2D eigenvalue weighted by atomic mass is 32.2. The van der Waals surface area contributed by atoms with E-state index in [1.807, 2.05) is 18.7 Å². The van der Waals surface area contributed by atoms with E-state index in [1.54, 1.807) is 0 Å². The second-order valence-electron chi connectivity index (χ2n) is 5.01. The topological polar surface area (TPSA) is 29.5 Å². The molecule has 2 aliphatic heterocycles. The third kappa shape index (κ3) is 3.16. The molecule has 0 saturated carbocycles. The summed E-state index contributed by atoms with van der Waals surface area (Å²) in [5.74, 6) is 2.37. The van der Waals surface area contributed by atoms with Gasteiger partial charge >= 0.3 is 5.97 Å². The minimum atomic E-state index is -0.00806. The number of hydrogen-bond donors (Lipinski definition) is 0. The van der Waals surface area contributed by atoms with Crippen LogP contribution in [0.5, 0.6) is 0 Å². The maximum absolute atomic E-state index is 11.8. The summed E-state index contributed by atoms with van der Waals surface area (Å²) >= 11 is 2.02. The predicted octanol–water partition coefficient (Wildman–Crippen LogP) is 2.30. The molecule has 0 aromatic rings. The zero-order chi connectivity index (χ0) is 12.1. The van der Waals surface area contributed by atoms with Crippen molar-refractivity contribution >= 4 is 17.7 Å². The SMILES string of the molecule is CCOC(=O)CC1(N2CCCC2)CCSCC1. The van der Waals surface area contributed by atoms with Crippen LogP contribution < -0.4 is 0 Å². The van der Waals surface area contributed by atoms with Gasteiger partial charge in [-0.25, -0.2) is 0 Å². The van der Waals surface area contributed by atoms with Gasteiger partial charge in [0, 0.05) is 5.54 Å². The average Bonchev–Trinajstić information content (AvgIpc) is 2.84. The Kier molecular flexibility index (Phi) is 4.74. The summed E-state index contributed by atoms with van der Waals surface area (Å²) in [6.07, 6.45) is 5.48. The van der Waals surface area contributed by atoms with E-state index in [9.17, 15) is 4.79 Å². The van der Waals surface area contributed by atoms with Crippen LogP contribution in [0.1, 0.15) is 39.0 Å². The predicted molar refractivity (Wildman–Crippen MR) is 71.3 cm³/mol. The summed E-state index contributed by atoms with van der Waals surface area (Å²) < 4.78 is 5.16. The van der Waals surface area contributed by atoms with Crippen molar-refractivity contribution in [3.05, 3.63) is 0 Å². The van der Waals surface area contributed by atoms with Gasteiger partial charge in [-0.2, -0.15) is 11.8 Å². The van der Waals surface area contributed by atoms with Crippen LogP contribution in [0, 0.1) is 0 Å². The van der Waals surface area contributed by atoms with Crippen molar-refractivity contribution in [3.63, 3.8) is 0 Å². The lowest BCUT2D eigenvalue weighted by Gasteiger charge is -2.44. The van der Waals surface area contributed by atoms with Crippen molar-refractivity contribution in [2.75, 3.05) is 31.2 Å². The molecular weight excluding hydrogens is 234 g/mol. The molecule has 0 amide bonds. The van der Waals surface area contributed by atoms with Gasteiger partial charge in [0.05, 0.1) is 13.0 Å². The summed E-state index contributed by atoms with van der Waals surface area (Å²) in [6.45, 7) is 4.73. The monoisotopic (exact) mass is 257 g/mol. The molecule has 2 aliphatic rings. The fraction of sp³-hybridized carbons (Fsp3) is 0.923. The van der Waals surface area contributed by atoms with Gasteiger partial charge in [-0.15, -0.1) is 0 Å². The number of nitrogens with zero attached hydrogens (tertiary/aromatic N) is 1. The Morgan fingerprint density at radius 3 is 2.53 bits per heavy atom. The molecule has 2 fully saturated rings. The lowest BCUT2D eigenvalue weighted by Crippen LogP contribution is -2.51. The van der Waals surface area contributed by atoms with Crippen molar-refractivity contribution < 1.29 is 9.53 Å². The molecule has 0 aliphatic carbocycles. The van der Waals surface area contributed by atoms with E-state index in [0.717, 1.165) is 12.8 Å². The van der Waals surface area contributed by atoms with Crippen molar-refractivity contribution in [1.82, 2.24) is 4.90 Å². The Balaban J connectivity index is 2.02. The average molecular weight is 257 g/mol. The normalized spacial score (nSPS) is 24.8. The molecule has 17 heavy (non-hydrogen) atoms. The maximum atomic E-state index is 11.8. The smallest absolute Gasteiger partial charge is 0.307 e. The number of carbonyl (C=O) groups excluding carboxylic acids is 1. The van der Waals surface area contributed by atoms with Gasteiger partial charge in [0.15, 0.2) is 0 Å². The molecule has 0 aromatic carbocycles. The molecule has 0 bridgehead atoms. The molecule has 0 aromatic heterocycles. The van der Waals surface area contributed by atoms with E-state index in [1.165, 1.54) is 37.4 Å². The zero-order valence-electron chi connectivity index (χ0n) is 10.7. The van der Waals surface area contributed by atoms with Gasteiger partial charge in [-0.1, -0.05) is 0 Å². The van der Waals surface area contributed by atoms with Crippen molar-refractivity contribution in [1.29, 1.82) is 0 Å². The van der Waals surface area contributed by atoms with Crippen LogP contribution in [0.25, 0.3) is 0 Å². The zero-order valence-corrected chi connectivity index (χ0v) is 11.6. The molecule has 0 atom stereocenters. The third-order valence-electron chi connectivity index (χ3n) is 3.98. The van der Waals surface area contributed by atoms with Crippen LogP contribution in [-0.2, 0) is 9.53 Å². The minimum Gasteiger partial charge on any atom is -0.466 e. The molecular formula is C13H23NO2S. The minimum absolute atomic E-state index is 0.00806. The van der Waals surface area contributed by atoms with Crippen LogP contribution in [0.15, 0.2) is 0 Å². The largest absolute Gasteiger partial charge is 0.466 e. The van der Waals surface area contributed by atoms with E-state index in [2.05, 4.69) is 4.90 Å². The molecule has 0 unspecified atom stereocenters. The molecule has 0 N–H and O–H groups in total. The van der Waals surface area contributed by atoms with Crippen LogP contribution in [0.3, 0.4) is 0 Å². The van der Waals surface area contributed by atoms with Gasteiger partial charge in [-0.3, -0.25) is 9.69 Å². The third-order valence-corrected chi connectivity index (χ3v) is 4.96. The second-order valence-corrected chi connectivity index (χ2v) is 6.24. The highest BCUT2D eigenvalue weighted by Gasteiger charge is 2.41. The van der Waals surface area contributed by atoms with Crippen LogP contribution in [0.4, 0.5) is 0 Å². The van der Waals surface area contributed by atoms with Crippen molar-refractivity contribution in [2.24, 2.45) is 0 Å². The summed E-state index contributed by atoms with van der Waals surface area (Å²) in [5, 5.41) is 0. The number of ether oxygens (including phenoxy) is 1. The Morgan fingerprint density at radius 2 is 1.94 bits per heavy atom. The summed E-state index contributed by atoms with van der Waals surface area (Å²) in [6, 6.07) is 0. The summed E-state index contributed by atoms with van der Waals surface area (Å²) in [5.41, 5.74) is 0.119. The van der Waals surface area contributed by atoms with Gasteiger partial charge in [0.25, 0.3) is 0 Å². The van der Waals surface area contributed by atoms with E-state index >= 15 is 0 Å². The first kappa shape index (κ1) is 13.2. The highest BCUT2D eigenvalue weighted by molar-refractivity contribution is 7.99. The first-order valence-corrected chi connectivity index (χ1v) is 7.91. The van der Waals surface area contributed by atoms with Crippen LogP contribution in [-0.4, -0.2) is 47.6 Å². The first-order valence-electron chi connectivity index (χ1n) is 6.75. The maximum Gasteiger partial charge on any atom is 0.307 e. The number of rotatable bonds is 4. The molecule has 2 heterocycles. The van der Waals surface area contributed by atoms with Crippen molar-refractivity contribution in [3.8, 4) is 0 Å². The van der Waals surface area contributed by atoms with Crippen LogP contribution >= 0.6 is 11.8 Å². The van der Waals surface area contributed by atoms with E-state index < -0.39 is 0 Å². The lowest BCUT2D eigenvalue weighted by molar-refractivity contribution is -0.146. The molecule has 2 saturated heterocycles. The van der Waals surface area contributed by atoms with Crippen molar-refractivity contribution in [2.45, 2.75) is 44.6 Å². The highest BCUT2D eigenvalue weighted by Crippen LogP contribution is 2.37. The summed E-state index contributed by atoms with van der Waals surface area (Å²) in [4.78, 5) is 14.4. The Bertz CT molecular complexity index is 258. The van der Waals surface area contributed by atoms with Gasteiger partial charge < -0.3 is 4.74 Å². The Hall–Kier alpha value is -0.220. The van der Waals surface area contributed by atoms with E-state index in [-0.39, 0.29) is 11.5 Å². The van der Waals surface area contributed by atoms with Gasteiger partial charge in [-0.05, 0) is 57.2 Å². The number of carbonyl (C=O) groups is 1. The molecule has 2 rings (SSSR count). The van der Waals surface area contributed by atoms with Gasteiger partial charge in [0.2, 0.25) is 0 Å². The molecule has 0 radical (unpaired) electrons. The lowest BCUT2D eigenvalue weighted by atomic mass is 9.86. The molecule has 98 valence electrons. The fourth-order valence-corrected chi connectivity index (χ4v) is 4.28. The molecule has 3 nitrogen and oxygen atoms in total. The standard InChI is InChI=1S/C13H23NO2S/c1-2-16-12(15)11-13(5-9-17-10-6-13)14-7-3-4-8-14/h2-11H2,1H3. The number of likely N-dealkylation sites (tertiary alicyclic amines) is 1. The number of thioether (sulfide) groups is 1.